The van der Waals surface area contributed by atoms with Crippen LogP contribution in [-0.2, 0) is 65.0 Å². The van der Waals surface area contributed by atoms with Gasteiger partial charge in [0.25, 0.3) is 0 Å². The summed E-state index contributed by atoms with van der Waals surface area (Å²) in [6, 6.07) is 0. The SMILES string of the molecule is CC.CC.CC1(C)c2cn[nH]c2C1(C)C.CC1(C)c2cn[nH]c2C1(C)C.Cc1nsc2c1C(C)(C)C2(C)C.Cc1onc2c1C(C)(C)C2(C)C.Cc1snc2c1C(C)(C)C2(C)C.Cc1snc2c1C(C)(C)C2(C)C. The number of H-pyrrole nitrogens is 2. The first-order valence-electron chi connectivity index (χ1n) is 27.5. The minimum absolute atomic E-state index is 0.167. The molecule has 2 N–H and O–H groups in total. The number of aromatic amines is 2. The van der Waals surface area contributed by atoms with Crippen LogP contribution in [0.1, 0.15) is 282 Å². The molecule has 6 heterocycles. The van der Waals surface area contributed by atoms with E-state index in [0.29, 0.717) is 21.7 Å². The Morgan fingerprint density at radius 3 is 1.03 bits per heavy atom. The lowest BCUT2D eigenvalue weighted by Gasteiger charge is -2.51. The summed E-state index contributed by atoms with van der Waals surface area (Å²) in [5.74, 6) is 0.981. The number of hydrogen-bond acceptors (Lipinski definition) is 10. The largest absolute Gasteiger partial charge is 0.361 e. The summed E-state index contributed by atoms with van der Waals surface area (Å²) in [7, 11) is 0. The van der Waals surface area contributed by atoms with Crippen LogP contribution < -0.4 is 0 Å². The van der Waals surface area contributed by atoms with Gasteiger partial charge < -0.3 is 4.52 Å². The summed E-state index contributed by atoms with van der Waals surface area (Å²) in [6.45, 7) is 71.2. The summed E-state index contributed by atoms with van der Waals surface area (Å²) in [5.41, 5.74) is 19.5. The fourth-order valence-corrected chi connectivity index (χ4v) is 15.2. The van der Waals surface area contributed by atoms with Gasteiger partial charge >= 0.3 is 0 Å². The van der Waals surface area contributed by atoms with E-state index < -0.39 is 0 Å². The first-order valence-corrected chi connectivity index (χ1v) is 29.8. The molecule has 412 valence electrons. The minimum atomic E-state index is 0.167. The highest BCUT2D eigenvalue weighted by molar-refractivity contribution is 7.06. The van der Waals surface area contributed by atoms with Crippen molar-refractivity contribution in [2.24, 2.45) is 0 Å². The lowest BCUT2D eigenvalue weighted by atomic mass is 9.52. The molecule has 0 saturated heterocycles. The molecular weight excluding hydrogens is 969 g/mol. The van der Waals surface area contributed by atoms with Crippen molar-refractivity contribution in [1.82, 2.24) is 38.7 Å². The fourth-order valence-electron chi connectivity index (χ4n) is 12.0. The molecule has 6 aliphatic carbocycles. The second-order valence-corrected chi connectivity index (χ2v) is 30.4. The molecule has 12 heteroatoms. The lowest BCUT2D eigenvalue weighted by molar-refractivity contribution is 0.232. The van der Waals surface area contributed by atoms with Crippen molar-refractivity contribution in [2.45, 2.75) is 287 Å². The van der Waals surface area contributed by atoms with E-state index in [2.05, 4.69) is 226 Å². The highest BCUT2D eigenvalue weighted by atomic mass is 32.1. The Morgan fingerprint density at radius 1 is 0.365 bits per heavy atom. The normalized spacial score (nSPS) is 22.3. The van der Waals surface area contributed by atoms with Gasteiger partial charge in [0.2, 0.25) is 0 Å². The van der Waals surface area contributed by atoms with Gasteiger partial charge in [0.1, 0.15) is 5.76 Å². The molecular formula is C62H100N8OS3. The van der Waals surface area contributed by atoms with Crippen molar-refractivity contribution < 1.29 is 4.52 Å². The van der Waals surface area contributed by atoms with Crippen LogP contribution in [-0.4, -0.2) is 38.7 Å². The molecule has 0 aliphatic heterocycles. The third-order valence-corrected chi connectivity index (χ3v) is 24.3. The van der Waals surface area contributed by atoms with Gasteiger partial charge in [-0.2, -0.15) is 23.3 Å². The summed E-state index contributed by atoms with van der Waals surface area (Å²) in [4.78, 5) is 4.29. The van der Waals surface area contributed by atoms with Crippen LogP contribution >= 0.6 is 34.6 Å². The molecule has 0 radical (unpaired) electrons. The van der Waals surface area contributed by atoms with Crippen molar-refractivity contribution in [3.8, 4) is 0 Å². The molecule has 0 aromatic carbocycles. The Morgan fingerprint density at radius 2 is 0.703 bits per heavy atom. The second kappa shape index (κ2) is 19.2. The third-order valence-electron chi connectivity index (χ3n) is 21.5. The molecule has 9 nitrogen and oxygen atoms in total. The summed E-state index contributed by atoms with van der Waals surface area (Å²) in [5, 5.41) is 18.3. The Labute approximate surface area is 462 Å². The molecule has 74 heavy (non-hydrogen) atoms. The second-order valence-electron chi connectivity index (χ2n) is 27.7. The van der Waals surface area contributed by atoms with Crippen LogP contribution in [0.15, 0.2) is 16.9 Å². The molecule has 0 atom stereocenters. The van der Waals surface area contributed by atoms with Crippen molar-refractivity contribution in [3.63, 3.8) is 0 Å². The van der Waals surface area contributed by atoms with Crippen LogP contribution in [0.25, 0.3) is 0 Å². The van der Waals surface area contributed by atoms with E-state index in [1.165, 1.54) is 76.5 Å². The smallest absolute Gasteiger partial charge is 0.137 e. The van der Waals surface area contributed by atoms with Gasteiger partial charge in [0, 0.05) is 108 Å². The molecule has 0 spiro atoms. The Kier molecular flexibility index (Phi) is 15.9. The quantitative estimate of drug-likeness (QED) is 0.155. The van der Waals surface area contributed by atoms with Gasteiger partial charge in [-0.25, -0.2) is 0 Å². The number of aromatic nitrogens is 8. The molecule has 0 unspecified atom stereocenters. The van der Waals surface area contributed by atoms with E-state index in [1.807, 2.05) is 47.0 Å². The molecule has 0 amide bonds. The van der Waals surface area contributed by atoms with Crippen LogP contribution in [0.3, 0.4) is 0 Å². The maximum Gasteiger partial charge on any atom is 0.137 e. The van der Waals surface area contributed by atoms with E-state index in [0.717, 1.165) is 11.5 Å². The van der Waals surface area contributed by atoms with Crippen LogP contribution in [0.2, 0.25) is 0 Å². The van der Waals surface area contributed by atoms with Crippen molar-refractivity contribution >= 4 is 34.6 Å². The van der Waals surface area contributed by atoms with Gasteiger partial charge in [0.15, 0.2) is 0 Å². The minimum Gasteiger partial charge on any atom is -0.361 e. The maximum atomic E-state index is 5.18. The zero-order valence-corrected chi connectivity index (χ0v) is 54.9. The van der Waals surface area contributed by atoms with Crippen molar-refractivity contribution in [3.05, 3.63) is 100 Å². The molecule has 0 saturated carbocycles. The van der Waals surface area contributed by atoms with E-state index in [4.69, 9.17) is 4.52 Å². The number of nitrogens with one attached hydrogen (secondary N) is 2. The van der Waals surface area contributed by atoms with Gasteiger partial charge in [-0.3, -0.25) is 10.2 Å². The topological polar surface area (TPSA) is 122 Å². The van der Waals surface area contributed by atoms with E-state index in [-0.39, 0.29) is 43.3 Å². The van der Waals surface area contributed by atoms with Gasteiger partial charge in [-0.05, 0) is 79.0 Å². The van der Waals surface area contributed by atoms with E-state index >= 15 is 0 Å². The maximum absolute atomic E-state index is 5.18. The van der Waals surface area contributed by atoms with Gasteiger partial charge in [-0.1, -0.05) is 199 Å². The van der Waals surface area contributed by atoms with Crippen LogP contribution in [0, 0.1) is 27.7 Å². The van der Waals surface area contributed by atoms with Gasteiger partial charge in [0.05, 0.1) is 35.2 Å². The van der Waals surface area contributed by atoms with Gasteiger partial charge in [-0.15, -0.1) is 0 Å². The van der Waals surface area contributed by atoms with Crippen LogP contribution in [0.5, 0.6) is 0 Å². The van der Waals surface area contributed by atoms with E-state index in [1.54, 1.807) is 34.6 Å². The molecule has 0 bridgehead atoms. The average molecular weight is 1070 g/mol. The van der Waals surface area contributed by atoms with Crippen LogP contribution in [0.4, 0.5) is 0 Å². The lowest BCUT2D eigenvalue weighted by Crippen LogP contribution is -2.51. The highest BCUT2D eigenvalue weighted by Gasteiger charge is 2.58. The molecule has 12 rings (SSSR count). The first-order chi connectivity index (χ1) is 33.5. The number of aryl methyl sites for hydroxylation is 4. The van der Waals surface area contributed by atoms with Crippen molar-refractivity contribution in [2.75, 3.05) is 0 Å². The molecule has 6 aromatic heterocycles. The number of rotatable bonds is 0. The number of nitrogens with zero attached hydrogens (tertiary/aromatic N) is 6. The molecule has 6 aromatic rings. The molecule has 6 aliphatic rings. The average Bonchev–Trinajstić information content (AvgIpc) is 4.17. The zero-order valence-electron chi connectivity index (χ0n) is 52.5. The summed E-state index contributed by atoms with van der Waals surface area (Å²) >= 11 is 4.97. The Hall–Kier alpha value is -3.48. The number of hydrogen-bond donors (Lipinski definition) is 2. The summed E-state index contributed by atoms with van der Waals surface area (Å²) < 4.78 is 18.6. The first kappa shape index (κ1) is 61.4. The molecule has 0 fully saturated rings. The third kappa shape index (κ3) is 8.26. The monoisotopic (exact) mass is 1070 g/mol. The summed E-state index contributed by atoms with van der Waals surface area (Å²) in [6.07, 6.45) is 3.89. The van der Waals surface area contributed by atoms with Crippen molar-refractivity contribution in [1.29, 1.82) is 0 Å². The Bertz CT molecular complexity index is 2570. The number of fused-ring (bicyclic) bond motifs is 6. The zero-order chi connectivity index (χ0) is 57.1. The highest BCUT2D eigenvalue weighted by Crippen LogP contribution is 2.61. The predicted octanol–water partition coefficient (Wildman–Crippen LogP) is 17.6. The Balaban J connectivity index is 0.000000162. The fraction of sp³-hybridized carbons (Fsp3) is 0.710. The predicted molar refractivity (Wildman–Crippen MR) is 318 cm³/mol. The van der Waals surface area contributed by atoms with E-state index in [9.17, 15) is 0 Å². The standard InChI is InChI=1S/C10H15NO.3C10H15NS.2C9H14N2.2C2H6/c3*1-6-7-8(11-12-6)10(4,5)9(7,2)3;1-6-7-8(12-11-6)10(4,5)9(7,2)3;2*1-8(2)6-5-10-11-7(6)9(8,3)4;2*1-2/h4*1-5H3;2*5H,1-4H3,(H,10,11);2*1-2H3.